The summed E-state index contributed by atoms with van der Waals surface area (Å²) in [6, 6.07) is 2.01. The lowest BCUT2D eigenvalue weighted by Crippen LogP contribution is -2.26. The molecular weight excluding hydrogens is 280 g/mol. The third kappa shape index (κ3) is 4.60. The van der Waals surface area contributed by atoms with Crippen LogP contribution in [0, 0.1) is 11.3 Å². The molecule has 0 saturated carbocycles. The highest BCUT2D eigenvalue weighted by Gasteiger charge is 2.20. The van der Waals surface area contributed by atoms with Crippen LogP contribution in [0.1, 0.15) is 45.4 Å². The number of hydrogen-bond donors (Lipinski definition) is 1. The van der Waals surface area contributed by atoms with E-state index < -0.39 is 5.97 Å². The van der Waals surface area contributed by atoms with Gasteiger partial charge in [0, 0.05) is 18.8 Å². The van der Waals surface area contributed by atoms with E-state index in [1.807, 2.05) is 19.1 Å². The van der Waals surface area contributed by atoms with Crippen molar-refractivity contribution in [2.24, 2.45) is 0 Å². The van der Waals surface area contributed by atoms with Crippen LogP contribution < -0.4 is 5.32 Å². The van der Waals surface area contributed by atoms with Gasteiger partial charge in [0.1, 0.15) is 11.6 Å². The molecule has 2 rings (SSSR count). The normalized spacial score (nSPS) is 23.5. The number of nitriles is 1. The first-order valence-electron chi connectivity index (χ1n) is 8.11. The summed E-state index contributed by atoms with van der Waals surface area (Å²) in [5.74, 6) is -0.504. The molecule has 1 fully saturated rings. The van der Waals surface area contributed by atoms with Crippen LogP contribution >= 0.6 is 0 Å². The van der Waals surface area contributed by atoms with Crippen LogP contribution in [0.5, 0.6) is 0 Å². The molecule has 5 nitrogen and oxygen atoms in total. The third-order valence-electron chi connectivity index (χ3n) is 3.90. The van der Waals surface area contributed by atoms with E-state index in [0.29, 0.717) is 6.61 Å². The maximum absolute atomic E-state index is 11.9. The van der Waals surface area contributed by atoms with Crippen molar-refractivity contribution >= 4 is 5.97 Å². The maximum atomic E-state index is 11.9. The second-order valence-corrected chi connectivity index (χ2v) is 5.69. The van der Waals surface area contributed by atoms with Crippen molar-refractivity contribution in [2.75, 3.05) is 19.8 Å². The number of allylic oxidation sites excluding steroid dienone is 3. The topological polar surface area (TPSA) is 71.4 Å². The number of nitrogens with zero attached hydrogens (tertiary/aromatic N) is 1. The Morgan fingerprint density at radius 2 is 2.36 bits per heavy atom. The van der Waals surface area contributed by atoms with Gasteiger partial charge in [-0.3, -0.25) is 0 Å². The molecule has 1 atom stereocenters. The SMILES string of the molecule is CCCOC(=O)/C(C#N)=C1\C=C(NCC2CCCO2)CCC1. The number of esters is 1. The Morgan fingerprint density at radius 1 is 1.50 bits per heavy atom. The fraction of sp³-hybridized carbons (Fsp3) is 0.647. The maximum Gasteiger partial charge on any atom is 0.349 e. The monoisotopic (exact) mass is 304 g/mol. The molecule has 0 aromatic heterocycles. The average molecular weight is 304 g/mol. The highest BCUT2D eigenvalue weighted by atomic mass is 16.5. The summed E-state index contributed by atoms with van der Waals surface area (Å²) in [7, 11) is 0. The fourth-order valence-corrected chi connectivity index (χ4v) is 2.73. The molecule has 5 heteroatoms. The predicted molar refractivity (Wildman–Crippen MR) is 82.8 cm³/mol. The minimum Gasteiger partial charge on any atom is -0.462 e. The Hall–Kier alpha value is -1.80. The van der Waals surface area contributed by atoms with E-state index in [4.69, 9.17) is 9.47 Å². The minimum atomic E-state index is -0.504. The molecule has 1 heterocycles. The Balaban J connectivity index is 2.01. The quantitative estimate of drug-likeness (QED) is 0.464. The number of hydrogen-bond acceptors (Lipinski definition) is 5. The number of carbonyl (C=O) groups excluding carboxylic acids is 1. The van der Waals surface area contributed by atoms with Gasteiger partial charge in [-0.1, -0.05) is 6.92 Å². The van der Waals surface area contributed by atoms with Crippen LogP contribution in [0.4, 0.5) is 0 Å². The predicted octanol–water partition coefficient (Wildman–Crippen LogP) is 2.60. The molecule has 2 aliphatic rings. The van der Waals surface area contributed by atoms with Crippen LogP contribution in [0.3, 0.4) is 0 Å². The van der Waals surface area contributed by atoms with Gasteiger partial charge in [-0.15, -0.1) is 0 Å². The molecule has 1 aliphatic heterocycles. The molecule has 0 amide bonds. The number of ether oxygens (including phenoxy) is 2. The van der Waals surface area contributed by atoms with E-state index in [2.05, 4.69) is 5.32 Å². The van der Waals surface area contributed by atoms with Gasteiger partial charge in [0.2, 0.25) is 0 Å². The molecule has 0 bridgehead atoms. The summed E-state index contributed by atoms with van der Waals surface area (Å²) in [5, 5.41) is 12.7. The zero-order valence-electron chi connectivity index (χ0n) is 13.2. The van der Waals surface area contributed by atoms with Crippen molar-refractivity contribution in [3.63, 3.8) is 0 Å². The molecule has 120 valence electrons. The van der Waals surface area contributed by atoms with Crippen molar-refractivity contribution in [3.8, 4) is 6.07 Å². The molecule has 0 spiro atoms. The Labute approximate surface area is 132 Å². The highest BCUT2D eigenvalue weighted by molar-refractivity contribution is 5.94. The zero-order valence-corrected chi connectivity index (χ0v) is 13.2. The smallest absolute Gasteiger partial charge is 0.349 e. The minimum absolute atomic E-state index is 0.143. The first-order valence-corrected chi connectivity index (χ1v) is 8.11. The third-order valence-corrected chi connectivity index (χ3v) is 3.90. The molecule has 1 aliphatic carbocycles. The van der Waals surface area contributed by atoms with Gasteiger partial charge in [-0.05, 0) is 50.2 Å². The van der Waals surface area contributed by atoms with Gasteiger partial charge in [-0.25, -0.2) is 4.79 Å². The Bertz CT molecular complexity index is 497. The standard InChI is InChI=1S/C17H24N2O3/c1-2-8-22-17(20)16(11-18)13-5-3-6-14(10-13)19-12-15-7-4-9-21-15/h10,15,19H,2-9,12H2,1H3/b16-13-. The van der Waals surface area contributed by atoms with E-state index >= 15 is 0 Å². The van der Waals surface area contributed by atoms with Crippen LogP contribution in [0.2, 0.25) is 0 Å². The first-order chi connectivity index (χ1) is 10.7. The van der Waals surface area contributed by atoms with Crippen LogP contribution in [0.15, 0.2) is 22.9 Å². The molecule has 1 unspecified atom stereocenters. The average Bonchev–Trinajstić information content (AvgIpc) is 3.05. The molecule has 0 radical (unpaired) electrons. The summed E-state index contributed by atoms with van der Waals surface area (Å²) in [6.45, 7) is 3.92. The lowest BCUT2D eigenvalue weighted by Gasteiger charge is -2.19. The first kappa shape index (κ1) is 16.6. The molecular formula is C17H24N2O3. The molecule has 1 saturated heterocycles. The lowest BCUT2D eigenvalue weighted by atomic mass is 9.95. The Kier molecular flexibility index (Phi) is 6.47. The van der Waals surface area contributed by atoms with Crippen LogP contribution in [-0.2, 0) is 14.3 Å². The van der Waals surface area contributed by atoms with Crippen molar-refractivity contribution in [1.82, 2.24) is 5.32 Å². The molecule has 22 heavy (non-hydrogen) atoms. The molecule has 1 N–H and O–H groups in total. The number of nitrogens with one attached hydrogen (secondary N) is 1. The zero-order chi connectivity index (χ0) is 15.8. The number of rotatable bonds is 6. The largest absolute Gasteiger partial charge is 0.462 e. The van der Waals surface area contributed by atoms with Gasteiger partial charge in [0.05, 0.1) is 12.7 Å². The van der Waals surface area contributed by atoms with Gasteiger partial charge < -0.3 is 14.8 Å². The lowest BCUT2D eigenvalue weighted by molar-refractivity contribution is -0.138. The van der Waals surface area contributed by atoms with Crippen molar-refractivity contribution in [3.05, 3.63) is 22.9 Å². The summed E-state index contributed by atoms with van der Waals surface area (Å²) < 4.78 is 10.7. The van der Waals surface area contributed by atoms with Crippen molar-refractivity contribution in [1.29, 1.82) is 5.26 Å². The van der Waals surface area contributed by atoms with Gasteiger partial charge in [0.25, 0.3) is 0 Å². The summed E-state index contributed by atoms with van der Waals surface area (Å²) in [5.41, 5.74) is 2.00. The van der Waals surface area contributed by atoms with Crippen molar-refractivity contribution < 1.29 is 14.3 Å². The van der Waals surface area contributed by atoms with E-state index in [1.165, 1.54) is 0 Å². The molecule has 0 aromatic rings. The van der Waals surface area contributed by atoms with Gasteiger partial charge in [0.15, 0.2) is 0 Å². The second-order valence-electron chi connectivity index (χ2n) is 5.69. The van der Waals surface area contributed by atoms with E-state index in [-0.39, 0.29) is 11.7 Å². The van der Waals surface area contributed by atoms with Crippen LogP contribution in [-0.4, -0.2) is 31.8 Å². The van der Waals surface area contributed by atoms with E-state index in [1.54, 1.807) is 0 Å². The summed E-state index contributed by atoms with van der Waals surface area (Å²) >= 11 is 0. The van der Waals surface area contributed by atoms with E-state index in [9.17, 15) is 10.1 Å². The molecule has 0 aromatic carbocycles. The van der Waals surface area contributed by atoms with Crippen LogP contribution in [0.25, 0.3) is 0 Å². The van der Waals surface area contributed by atoms with Crippen molar-refractivity contribution in [2.45, 2.75) is 51.6 Å². The van der Waals surface area contributed by atoms with E-state index in [0.717, 1.165) is 62.9 Å². The Morgan fingerprint density at radius 3 is 3.05 bits per heavy atom. The van der Waals surface area contributed by atoms with Gasteiger partial charge in [-0.2, -0.15) is 5.26 Å². The fourth-order valence-electron chi connectivity index (χ4n) is 2.73. The summed E-state index contributed by atoms with van der Waals surface area (Å²) in [4.78, 5) is 11.9. The number of carbonyl (C=O) groups is 1. The summed E-state index contributed by atoms with van der Waals surface area (Å²) in [6.07, 6.45) is 7.81. The highest BCUT2D eigenvalue weighted by Crippen LogP contribution is 2.24. The van der Waals surface area contributed by atoms with Gasteiger partial charge >= 0.3 is 5.97 Å². The second kappa shape index (κ2) is 8.60.